The molecule has 2 unspecified atom stereocenters. The average Bonchev–Trinajstić information content (AvgIpc) is 2.53. The van der Waals surface area contributed by atoms with E-state index in [1.165, 1.54) is 31.2 Å². The number of Topliss-reactive ketones (excluding diaryl/α,β-unsaturated/α-hetero) is 1. The first-order chi connectivity index (χ1) is 10.7. The highest BCUT2D eigenvalue weighted by atomic mass is 32.1. The van der Waals surface area contributed by atoms with Gasteiger partial charge < -0.3 is 0 Å². The lowest BCUT2D eigenvalue weighted by Crippen LogP contribution is -2.33. The Kier molecular flexibility index (Phi) is 6.75. The number of benzene rings is 1. The Bertz CT molecular complexity index is 494. The van der Waals surface area contributed by atoms with Crippen molar-refractivity contribution in [2.24, 2.45) is 5.41 Å². The molecule has 0 spiro atoms. The van der Waals surface area contributed by atoms with Gasteiger partial charge >= 0.3 is 0 Å². The molecule has 1 aliphatic rings. The SMILES string of the molecule is CCCCCCC1(C(CS)c2ccccc2)C=CCC(=O)C1. The predicted octanol–water partition coefficient (Wildman–Crippen LogP) is 5.58. The van der Waals surface area contributed by atoms with E-state index in [9.17, 15) is 4.79 Å². The molecular formula is C20H28OS. The summed E-state index contributed by atoms with van der Waals surface area (Å²) in [6.45, 7) is 2.24. The van der Waals surface area contributed by atoms with Crippen LogP contribution in [0.5, 0.6) is 0 Å². The van der Waals surface area contributed by atoms with E-state index in [-0.39, 0.29) is 5.41 Å². The van der Waals surface area contributed by atoms with E-state index in [4.69, 9.17) is 0 Å². The van der Waals surface area contributed by atoms with Crippen LogP contribution in [0, 0.1) is 5.41 Å². The molecule has 22 heavy (non-hydrogen) atoms. The van der Waals surface area contributed by atoms with Crippen molar-refractivity contribution < 1.29 is 4.79 Å². The fourth-order valence-electron chi connectivity index (χ4n) is 3.69. The van der Waals surface area contributed by atoms with Crippen LogP contribution in [0.3, 0.4) is 0 Å². The van der Waals surface area contributed by atoms with Gasteiger partial charge in [-0.3, -0.25) is 4.79 Å². The molecule has 1 aromatic carbocycles. The van der Waals surface area contributed by atoms with Crippen molar-refractivity contribution in [1.29, 1.82) is 0 Å². The Morgan fingerprint density at radius 2 is 1.95 bits per heavy atom. The summed E-state index contributed by atoms with van der Waals surface area (Å²) in [5.74, 6) is 1.48. The van der Waals surface area contributed by atoms with Gasteiger partial charge in [0.1, 0.15) is 5.78 Å². The van der Waals surface area contributed by atoms with Crippen molar-refractivity contribution in [1.82, 2.24) is 0 Å². The van der Waals surface area contributed by atoms with Gasteiger partial charge in [0.05, 0.1) is 0 Å². The minimum atomic E-state index is -0.0355. The van der Waals surface area contributed by atoms with Gasteiger partial charge in [-0.2, -0.15) is 12.6 Å². The van der Waals surface area contributed by atoms with Crippen LogP contribution in [0.25, 0.3) is 0 Å². The van der Waals surface area contributed by atoms with Crippen LogP contribution in [0.15, 0.2) is 42.5 Å². The zero-order valence-corrected chi connectivity index (χ0v) is 14.5. The van der Waals surface area contributed by atoms with Crippen molar-refractivity contribution >= 4 is 18.4 Å². The molecule has 0 heterocycles. The molecule has 0 bridgehead atoms. The van der Waals surface area contributed by atoms with Gasteiger partial charge in [0.15, 0.2) is 0 Å². The normalized spacial score (nSPS) is 22.7. The molecule has 2 atom stereocenters. The number of hydrogen-bond donors (Lipinski definition) is 1. The fraction of sp³-hybridized carbons (Fsp3) is 0.550. The third-order valence-corrected chi connectivity index (χ3v) is 5.26. The summed E-state index contributed by atoms with van der Waals surface area (Å²) in [5.41, 5.74) is 1.28. The number of thiol groups is 1. The summed E-state index contributed by atoms with van der Waals surface area (Å²) < 4.78 is 0. The highest BCUT2D eigenvalue weighted by Crippen LogP contribution is 2.47. The quantitative estimate of drug-likeness (QED) is 0.376. The van der Waals surface area contributed by atoms with Crippen molar-refractivity contribution in [2.75, 3.05) is 5.75 Å². The average molecular weight is 317 g/mol. The topological polar surface area (TPSA) is 17.1 Å². The number of rotatable bonds is 8. The minimum Gasteiger partial charge on any atom is -0.299 e. The first-order valence-electron chi connectivity index (χ1n) is 8.57. The van der Waals surface area contributed by atoms with E-state index in [1.54, 1.807) is 0 Å². The largest absolute Gasteiger partial charge is 0.299 e. The molecule has 1 nitrogen and oxygen atoms in total. The Balaban J connectivity index is 2.24. The Labute approximate surface area is 140 Å². The van der Waals surface area contributed by atoms with E-state index >= 15 is 0 Å². The Morgan fingerprint density at radius 3 is 2.59 bits per heavy atom. The molecule has 0 fully saturated rings. The summed E-state index contributed by atoms with van der Waals surface area (Å²) in [7, 11) is 0. The smallest absolute Gasteiger partial charge is 0.137 e. The minimum absolute atomic E-state index is 0.0355. The van der Waals surface area contributed by atoms with Crippen LogP contribution in [-0.4, -0.2) is 11.5 Å². The summed E-state index contributed by atoms with van der Waals surface area (Å²) in [6.07, 6.45) is 11.8. The van der Waals surface area contributed by atoms with Gasteiger partial charge in [-0.05, 0) is 17.7 Å². The molecule has 0 aromatic heterocycles. The first kappa shape index (κ1) is 17.3. The highest BCUT2D eigenvalue weighted by Gasteiger charge is 2.39. The van der Waals surface area contributed by atoms with Crippen molar-refractivity contribution in [3.05, 3.63) is 48.0 Å². The van der Waals surface area contributed by atoms with Gasteiger partial charge in [-0.1, -0.05) is 75.1 Å². The Hall–Kier alpha value is -1.02. The number of hydrogen-bond acceptors (Lipinski definition) is 2. The molecule has 0 amide bonds. The zero-order valence-electron chi connectivity index (χ0n) is 13.6. The van der Waals surface area contributed by atoms with Crippen LogP contribution < -0.4 is 0 Å². The maximum absolute atomic E-state index is 12.1. The van der Waals surface area contributed by atoms with E-state index in [2.05, 4.69) is 62.0 Å². The summed E-state index contributed by atoms with van der Waals surface area (Å²) in [5, 5.41) is 0. The third kappa shape index (κ3) is 4.25. The standard InChI is InChI=1S/C20H28OS/c1-2-3-4-8-13-20(14-9-12-18(21)15-20)19(16-22)17-10-6-5-7-11-17/h5-7,9-11,14,19,22H,2-4,8,12-13,15-16H2,1H3. The van der Waals surface area contributed by atoms with Crippen LogP contribution >= 0.6 is 12.6 Å². The molecule has 0 saturated heterocycles. The molecule has 120 valence electrons. The molecule has 0 saturated carbocycles. The summed E-state index contributed by atoms with van der Waals surface area (Å²) >= 11 is 4.64. The maximum Gasteiger partial charge on any atom is 0.137 e. The highest BCUT2D eigenvalue weighted by molar-refractivity contribution is 7.80. The third-order valence-electron chi connectivity index (χ3n) is 4.90. The Morgan fingerprint density at radius 1 is 1.18 bits per heavy atom. The zero-order chi connectivity index (χ0) is 15.8. The number of unbranched alkanes of at least 4 members (excludes halogenated alkanes) is 3. The van der Waals surface area contributed by atoms with Gasteiger partial charge in [-0.25, -0.2) is 0 Å². The fourth-order valence-corrected chi connectivity index (χ4v) is 4.27. The molecule has 0 aliphatic heterocycles. The van der Waals surface area contributed by atoms with Gasteiger partial charge in [-0.15, -0.1) is 0 Å². The summed E-state index contributed by atoms with van der Waals surface area (Å²) in [6, 6.07) is 10.6. The lowest BCUT2D eigenvalue weighted by Gasteiger charge is -2.40. The lowest BCUT2D eigenvalue weighted by molar-refractivity contribution is -0.120. The van der Waals surface area contributed by atoms with Crippen LogP contribution in [0.2, 0.25) is 0 Å². The van der Waals surface area contributed by atoms with Crippen LogP contribution in [0.4, 0.5) is 0 Å². The van der Waals surface area contributed by atoms with E-state index < -0.39 is 0 Å². The van der Waals surface area contributed by atoms with Crippen molar-refractivity contribution in [3.8, 4) is 0 Å². The van der Waals surface area contributed by atoms with E-state index in [1.807, 2.05) is 0 Å². The van der Waals surface area contributed by atoms with Crippen molar-refractivity contribution in [2.45, 2.75) is 57.8 Å². The number of carbonyl (C=O) groups excluding carboxylic acids is 1. The number of carbonyl (C=O) groups is 1. The monoisotopic (exact) mass is 316 g/mol. The molecular weight excluding hydrogens is 288 g/mol. The predicted molar refractivity (Wildman–Crippen MR) is 97.6 cm³/mol. The summed E-state index contributed by atoms with van der Waals surface area (Å²) in [4.78, 5) is 12.1. The number of ketones is 1. The van der Waals surface area contributed by atoms with E-state index in [0.717, 1.165) is 12.2 Å². The molecule has 1 aromatic rings. The first-order valence-corrected chi connectivity index (χ1v) is 9.20. The van der Waals surface area contributed by atoms with Crippen LogP contribution in [-0.2, 0) is 4.79 Å². The molecule has 0 N–H and O–H groups in total. The molecule has 2 rings (SSSR count). The van der Waals surface area contributed by atoms with Crippen LogP contribution in [0.1, 0.15) is 63.4 Å². The van der Waals surface area contributed by atoms with E-state index in [0.29, 0.717) is 24.5 Å². The van der Waals surface area contributed by atoms with Gasteiger partial charge in [0.2, 0.25) is 0 Å². The maximum atomic E-state index is 12.1. The van der Waals surface area contributed by atoms with Crippen molar-refractivity contribution in [3.63, 3.8) is 0 Å². The second-order valence-electron chi connectivity index (χ2n) is 6.51. The second-order valence-corrected chi connectivity index (χ2v) is 6.88. The molecule has 0 radical (unpaired) electrons. The lowest BCUT2D eigenvalue weighted by atomic mass is 9.64. The van der Waals surface area contributed by atoms with Gasteiger partial charge in [0.25, 0.3) is 0 Å². The van der Waals surface area contributed by atoms with Gasteiger partial charge in [0, 0.05) is 24.2 Å². The second kappa shape index (κ2) is 8.57. The molecule has 2 heteroatoms. The molecule has 1 aliphatic carbocycles. The number of allylic oxidation sites excluding steroid dienone is 2.